The fraction of sp³-hybridized carbons (Fsp3) is 0.867. The smallest absolute Gasteiger partial charge is 0.307 e. The third kappa shape index (κ3) is 3.95. The van der Waals surface area contributed by atoms with E-state index in [0.717, 1.165) is 12.8 Å². The van der Waals surface area contributed by atoms with E-state index in [2.05, 4.69) is 12.2 Å². The predicted octanol–water partition coefficient (Wildman–Crippen LogP) is 2.82. The first-order chi connectivity index (χ1) is 8.82. The summed E-state index contributed by atoms with van der Waals surface area (Å²) >= 11 is 0. The normalized spacial score (nSPS) is 25.7. The Morgan fingerprint density at radius 1 is 1.21 bits per heavy atom. The van der Waals surface area contributed by atoms with Crippen LogP contribution in [-0.4, -0.2) is 23.0 Å². The van der Waals surface area contributed by atoms with Gasteiger partial charge in [-0.2, -0.15) is 0 Å². The number of hydrogen-bond donors (Lipinski definition) is 2. The van der Waals surface area contributed by atoms with Gasteiger partial charge in [-0.1, -0.05) is 46.5 Å². The Balaban J connectivity index is 2.34. The van der Waals surface area contributed by atoms with Crippen molar-refractivity contribution in [3.8, 4) is 0 Å². The molecule has 0 aromatic heterocycles. The van der Waals surface area contributed by atoms with Gasteiger partial charge in [0.1, 0.15) is 0 Å². The highest BCUT2D eigenvalue weighted by molar-refractivity contribution is 5.91. The highest BCUT2D eigenvalue weighted by Gasteiger charge is 2.65. The van der Waals surface area contributed by atoms with Gasteiger partial charge in [-0.25, -0.2) is 0 Å². The van der Waals surface area contributed by atoms with Crippen LogP contribution in [0.15, 0.2) is 0 Å². The van der Waals surface area contributed by atoms with E-state index >= 15 is 0 Å². The maximum atomic E-state index is 12.1. The minimum absolute atomic E-state index is 0.0969. The minimum atomic E-state index is -0.860. The Kier molecular flexibility index (Phi) is 5.39. The van der Waals surface area contributed by atoms with Crippen molar-refractivity contribution < 1.29 is 14.7 Å². The second kappa shape index (κ2) is 6.40. The second-order valence-electron chi connectivity index (χ2n) is 6.37. The van der Waals surface area contributed by atoms with Gasteiger partial charge in [-0.05, 0) is 18.8 Å². The second-order valence-corrected chi connectivity index (χ2v) is 6.37. The van der Waals surface area contributed by atoms with Crippen molar-refractivity contribution in [3.63, 3.8) is 0 Å². The van der Waals surface area contributed by atoms with E-state index in [1.165, 1.54) is 19.3 Å². The summed E-state index contributed by atoms with van der Waals surface area (Å²) in [6.45, 7) is 7.87. The van der Waals surface area contributed by atoms with E-state index < -0.39 is 17.3 Å². The number of unbranched alkanes of at least 4 members (excludes halogenated alkanes) is 3. The van der Waals surface area contributed by atoms with Crippen molar-refractivity contribution in [2.75, 3.05) is 0 Å². The van der Waals surface area contributed by atoms with Gasteiger partial charge in [0.2, 0.25) is 5.91 Å². The summed E-state index contributed by atoms with van der Waals surface area (Å²) in [5, 5.41) is 12.0. The highest BCUT2D eigenvalue weighted by Crippen LogP contribution is 2.58. The predicted molar refractivity (Wildman–Crippen MR) is 74.8 cm³/mol. The van der Waals surface area contributed by atoms with Gasteiger partial charge in [0, 0.05) is 6.04 Å². The van der Waals surface area contributed by atoms with Crippen LogP contribution in [0.25, 0.3) is 0 Å². The first-order valence-corrected chi connectivity index (χ1v) is 7.35. The topological polar surface area (TPSA) is 66.4 Å². The molecule has 110 valence electrons. The fourth-order valence-corrected chi connectivity index (χ4v) is 2.87. The van der Waals surface area contributed by atoms with Crippen LogP contribution in [0.2, 0.25) is 0 Å². The Hall–Kier alpha value is -1.06. The number of carbonyl (C=O) groups excluding carboxylic acids is 1. The molecule has 19 heavy (non-hydrogen) atoms. The number of rotatable bonds is 8. The van der Waals surface area contributed by atoms with Crippen LogP contribution in [0.3, 0.4) is 0 Å². The molecule has 1 fully saturated rings. The van der Waals surface area contributed by atoms with Gasteiger partial charge in [-0.3, -0.25) is 9.59 Å². The lowest BCUT2D eigenvalue weighted by molar-refractivity contribution is -0.140. The minimum Gasteiger partial charge on any atom is -0.481 e. The van der Waals surface area contributed by atoms with Crippen LogP contribution in [0.4, 0.5) is 0 Å². The van der Waals surface area contributed by atoms with E-state index in [9.17, 15) is 9.59 Å². The first-order valence-electron chi connectivity index (χ1n) is 7.35. The van der Waals surface area contributed by atoms with Gasteiger partial charge >= 0.3 is 5.97 Å². The molecule has 3 atom stereocenters. The van der Waals surface area contributed by atoms with Crippen LogP contribution >= 0.6 is 0 Å². The van der Waals surface area contributed by atoms with Crippen LogP contribution < -0.4 is 5.32 Å². The molecule has 1 aliphatic rings. The van der Waals surface area contributed by atoms with Crippen molar-refractivity contribution in [1.82, 2.24) is 5.32 Å². The number of carboxylic acids is 1. The van der Waals surface area contributed by atoms with Crippen molar-refractivity contribution in [1.29, 1.82) is 0 Å². The number of amides is 1. The summed E-state index contributed by atoms with van der Waals surface area (Å²) in [6.07, 6.45) is 5.72. The number of carbonyl (C=O) groups is 2. The van der Waals surface area contributed by atoms with Crippen molar-refractivity contribution >= 4 is 11.9 Å². The number of hydrogen-bond acceptors (Lipinski definition) is 2. The molecule has 0 heterocycles. The third-order valence-corrected chi connectivity index (χ3v) is 4.26. The Morgan fingerprint density at radius 2 is 1.84 bits per heavy atom. The van der Waals surface area contributed by atoms with Crippen LogP contribution in [0.5, 0.6) is 0 Å². The summed E-state index contributed by atoms with van der Waals surface area (Å²) in [5.74, 6) is -1.86. The van der Waals surface area contributed by atoms with E-state index in [1.54, 1.807) is 0 Å². The molecule has 4 heteroatoms. The molecular weight excluding hydrogens is 242 g/mol. The molecule has 0 saturated heterocycles. The number of carboxylic acid groups (broad SMARTS) is 1. The molecule has 0 aliphatic heterocycles. The molecule has 0 spiro atoms. The molecule has 1 rings (SSSR count). The standard InChI is InChI=1S/C15H27NO3/c1-5-6-7-8-9-10(2)16-13(17)11-12(14(18)19)15(11,3)4/h10-12H,5-9H2,1-4H3,(H,16,17)(H,18,19)/t10?,11-,12+/m1/s1. The van der Waals surface area contributed by atoms with Gasteiger partial charge in [-0.15, -0.1) is 0 Å². The lowest BCUT2D eigenvalue weighted by Crippen LogP contribution is -2.35. The van der Waals surface area contributed by atoms with Crippen LogP contribution in [0, 0.1) is 17.3 Å². The van der Waals surface area contributed by atoms with Crippen molar-refractivity contribution in [3.05, 3.63) is 0 Å². The number of nitrogens with one attached hydrogen (secondary N) is 1. The Labute approximate surface area is 116 Å². The van der Waals surface area contributed by atoms with Crippen molar-refractivity contribution in [2.45, 2.75) is 65.8 Å². The number of aliphatic carboxylic acids is 1. The van der Waals surface area contributed by atoms with Crippen molar-refractivity contribution in [2.24, 2.45) is 17.3 Å². The summed E-state index contributed by atoms with van der Waals surface area (Å²) in [7, 11) is 0. The highest BCUT2D eigenvalue weighted by atomic mass is 16.4. The average molecular weight is 269 g/mol. The van der Waals surface area contributed by atoms with Crippen LogP contribution in [-0.2, 0) is 9.59 Å². The zero-order valence-electron chi connectivity index (χ0n) is 12.5. The Bertz CT molecular complexity index is 338. The molecule has 0 bridgehead atoms. The SMILES string of the molecule is CCCCCCC(C)NC(=O)[C@H]1[C@@H](C(=O)O)C1(C)C. The lowest BCUT2D eigenvalue weighted by atomic mass is 10.1. The molecule has 0 aromatic rings. The molecular formula is C15H27NO3. The third-order valence-electron chi connectivity index (χ3n) is 4.26. The lowest BCUT2D eigenvalue weighted by Gasteiger charge is -2.14. The zero-order chi connectivity index (χ0) is 14.6. The Morgan fingerprint density at radius 3 is 2.32 bits per heavy atom. The average Bonchev–Trinajstić information content (AvgIpc) is 2.88. The van der Waals surface area contributed by atoms with Gasteiger partial charge < -0.3 is 10.4 Å². The largest absolute Gasteiger partial charge is 0.481 e. The zero-order valence-corrected chi connectivity index (χ0v) is 12.5. The first kappa shape index (κ1) is 16.0. The maximum absolute atomic E-state index is 12.1. The summed E-state index contributed by atoms with van der Waals surface area (Å²) < 4.78 is 0. The molecule has 0 aromatic carbocycles. The van der Waals surface area contributed by atoms with Gasteiger partial charge in [0.15, 0.2) is 0 Å². The monoisotopic (exact) mass is 269 g/mol. The molecule has 2 N–H and O–H groups in total. The summed E-state index contributed by atoms with van der Waals surface area (Å²) in [5.41, 5.74) is -0.405. The quantitative estimate of drug-likeness (QED) is 0.666. The molecule has 1 aliphatic carbocycles. The van der Waals surface area contributed by atoms with Crippen LogP contribution in [0.1, 0.15) is 59.8 Å². The summed E-state index contributed by atoms with van der Waals surface area (Å²) in [6, 6.07) is 0.134. The summed E-state index contributed by atoms with van der Waals surface area (Å²) in [4.78, 5) is 23.1. The molecule has 0 radical (unpaired) electrons. The van der Waals surface area contributed by atoms with Gasteiger partial charge in [0.25, 0.3) is 0 Å². The fourth-order valence-electron chi connectivity index (χ4n) is 2.87. The molecule has 4 nitrogen and oxygen atoms in total. The molecule has 1 amide bonds. The van der Waals surface area contributed by atoms with E-state index in [-0.39, 0.29) is 17.9 Å². The molecule has 1 unspecified atom stereocenters. The van der Waals surface area contributed by atoms with E-state index in [4.69, 9.17) is 5.11 Å². The van der Waals surface area contributed by atoms with Gasteiger partial charge in [0.05, 0.1) is 11.8 Å². The maximum Gasteiger partial charge on any atom is 0.307 e. The van der Waals surface area contributed by atoms with E-state index in [1.807, 2.05) is 20.8 Å². The van der Waals surface area contributed by atoms with E-state index in [0.29, 0.717) is 0 Å². The molecule has 1 saturated carbocycles.